The number of thiophene rings is 1. The molecule has 2 heterocycles. The number of nitrogens with one attached hydrogen (secondary N) is 2. The van der Waals surface area contributed by atoms with Gasteiger partial charge in [0.2, 0.25) is 0 Å². The number of aromatic nitrogens is 1. The van der Waals surface area contributed by atoms with Crippen molar-refractivity contribution in [3.05, 3.63) is 43.6 Å². The number of hydrogen-bond acceptors (Lipinski definition) is 7. The number of anilines is 2. The van der Waals surface area contributed by atoms with Gasteiger partial charge in [-0.3, -0.25) is 10.1 Å². The summed E-state index contributed by atoms with van der Waals surface area (Å²) < 4.78 is 0.688. The molecule has 2 aromatic rings. The summed E-state index contributed by atoms with van der Waals surface area (Å²) >= 11 is 7.24. The molecule has 100 valence electrons. The van der Waals surface area contributed by atoms with Crippen LogP contribution in [-0.4, -0.2) is 9.91 Å². The van der Waals surface area contributed by atoms with Crippen molar-refractivity contribution in [1.82, 2.24) is 4.98 Å². The Hall–Kier alpha value is -1.90. The van der Waals surface area contributed by atoms with Gasteiger partial charge >= 0.3 is 0 Å². The summed E-state index contributed by atoms with van der Waals surface area (Å²) in [6.07, 6.45) is 0. The molecule has 9 heteroatoms. The maximum Gasteiger partial charge on any atom is 0.276 e. The third kappa shape index (κ3) is 3.53. The van der Waals surface area contributed by atoms with Crippen LogP contribution in [0.25, 0.3) is 0 Å². The Morgan fingerprint density at radius 2 is 2.16 bits per heavy atom. The number of rotatable bonds is 5. The number of pyridine rings is 1. The first-order valence-electron chi connectivity index (χ1n) is 5.19. The summed E-state index contributed by atoms with van der Waals surface area (Å²) in [4.78, 5) is 15.3. The Kier molecular flexibility index (Phi) is 4.15. The molecule has 4 N–H and O–H groups in total. The monoisotopic (exact) mass is 299 g/mol. The molecule has 0 aliphatic rings. The second-order valence-electron chi connectivity index (χ2n) is 3.56. The van der Waals surface area contributed by atoms with Crippen LogP contribution in [0.3, 0.4) is 0 Å². The number of nitrogens with two attached hydrogens (primary N) is 1. The Morgan fingerprint density at radius 1 is 1.42 bits per heavy atom. The van der Waals surface area contributed by atoms with Crippen molar-refractivity contribution in [3.63, 3.8) is 0 Å². The third-order valence-corrected chi connectivity index (χ3v) is 3.47. The Labute approximate surface area is 117 Å². The molecular weight excluding hydrogens is 290 g/mol. The van der Waals surface area contributed by atoms with E-state index < -0.39 is 4.92 Å². The number of nitrogen functional groups attached to an aromatic ring is 1. The second kappa shape index (κ2) is 5.83. The number of nitrogens with zero attached hydrogens (tertiary/aromatic N) is 2. The summed E-state index contributed by atoms with van der Waals surface area (Å²) in [7, 11) is 0. The fraction of sp³-hybridized carbons (Fsp3) is 0.100. The molecular formula is C10H10ClN5O2S. The van der Waals surface area contributed by atoms with Gasteiger partial charge in [0.25, 0.3) is 5.69 Å². The fourth-order valence-corrected chi connectivity index (χ4v) is 2.44. The van der Waals surface area contributed by atoms with Gasteiger partial charge < -0.3 is 10.7 Å². The van der Waals surface area contributed by atoms with Crippen LogP contribution in [0.15, 0.2) is 24.3 Å². The van der Waals surface area contributed by atoms with Crippen molar-refractivity contribution in [3.8, 4) is 0 Å². The summed E-state index contributed by atoms with van der Waals surface area (Å²) in [5.74, 6) is 5.81. The largest absolute Gasteiger partial charge is 0.365 e. The summed E-state index contributed by atoms with van der Waals surface area (Å²) in [5.41, 5.74) is 2.20. The first-order chi connectivity index (χ1) is 9.08. The molecule has 0 radical (unpaired) electrons. The minimum absolute atomic E-state index is 0.0883. The SMILES string of the molecule is NNc1cc([N+](=O)[O-])cc(NCc2ccc(Cl)s2)n1. The van der Waals surface area contributed by atoms with Crippen LogP contribution >= 0.6 is 22.9 Å². The van der Waals surface area contributed by atoms with Gasteiger partial charge in [0, 0.05) is 4.88 Å². The topological polar surface area (TPSA) is 106 Å². The molecule has 7 nitrogen and oxygen atoms in total. The molecule has 0 amide bonds. The van der Waals surface area contributed by atoms with Crippen molar-refractivity contribution >= 4 is 40.3 Å². The lowest BCUT2D eigenvalue weighted by Gasteiger charge is -2.06. The van der Waals surface area contributed by atoms with E-state index in [0.717, 1.165) is 4.88 Å². The maximum atomic E-state index is 10.8. The van der Waals surface area contributed by atoms with Gasteiger partial charge in [-0.1, -0.05) is 11.6 Å². The summed E-state index contributed by atoms with van der Waals surface area (Å²) in [6.45, 7) is 0.482. The predicted molar refractivity (Wildman–Crippen MR) is 75.4 cm³/mol. The molecule has 0 bridgehead atoms. The normalized spacial score (nSPS) is 10.2. The van der Waals surface area contributed by atoms with E-state index in [-0.39, 0.29) is 11.5 Å². The van der Waals surface area contributed by atoms with Gasteiger partial charge in [-0.25, -0.2) is 10.8 Å². The number of halogens is 1. The van der Waals surface area contributed by atoms with Crippen LogP contribution in [0.5, 0.6) is 0 Å². The van der Waals surface area contributed by atoms with E-state index in [9.17, 15) is 10.1 Å². The van der Waals surface area contributed by atoms with Crippen LogP contribution in [0.4, 0.5) is 17.3 Å². The average molecular weight is 300 g/mol. The minimum Gasteiger partial charge on any atom is -0.365 e. The van der Waals surface area contributed by atoms with Crippen molar-refractivity contribution in [2.45, 2.75) is 6.54 Å². The van der Waals surface area contributed by atoms with Crippen LogP contribution in [0, 0.1) is 10.1 Å². The minimum atomic E-state index is -0.504. The quantitative estimate of drug-likeness (QED) is 0.445. The highest BCUT2D eigenvalue weighted by atomic mass is 35.5. The molecule has 0 aliphatic carbocycles. The van der Waals surface area contributed by atoms with E-state index in [1.165, 1.54) is 23.5 Å². The number of hydrogen-bond donors (Lipinski definition) is 3. The summed E-state index contributed by atoms with van der Waals surface area (Å²) in [5, 5.41) is 13.7. The van der Waals surface area contributed by atoms with Crippen LogP contribution in [0.2, 0.25) is 4.34 Å². The lowest BCUT2D eigenvalue weighted by atomic mass is 10.3. The van der Waals surface area contributed by atoms with Crippen molar-refractivity contribution in [2.24, 2.45) is 5.84 Å². The number of nitro groups is 1. The Bertz CT molecular complexity index is 603. The van der Waals surface area contributed by atoms with Gasteiger partial charge in [-0.15, -0.1) is 11.3 Å². The molecule has 19 heavy (non-hydrogen) atoms. The summed E-state index contributed by atoms with van der Waals surface area (Å²) in [6, 6.07) is 6.26. The molecule has 0 atom stereocenters. The molecule has 0 saturated carbocycles. The Morgan fingerprint density at radius 3 is 2.74 bits per heavy atom. The van der Waals surface area contributed by atoms with Crippen LogP contribution in [-0.2, 0) is 6.54 Å². The zero-order chi connectivity index (χ0) is 13.8. The highest BCUT2D eigenvalue weighted by molar-refractivity contribution is 7.16. The van der Waals surface area contributed by atoms with Crippen molar-refractivity contribution < 1.29 is 4.92 Å². The van der Waals surface area contributed by atoms with E-state index in [1.807, 2.05) is 6.07 Å². The molecule has 0 spiro atoms. The van der Waals surface area contributed by atoms with E-state index in [2.05, 4.69) is 15.7 Å². The van der Waals surface area contributed by atoms with E-state index in [1.54, 1.807) is 6.07 Å². The van der Waals surface area contributed by atoms with Gasteiger partial charge in [-0.2, -0.15) is 0 Å². The van der Waals surface area contributed by atoms with E-state index in [0.29, 0.717) is 16.7 Å². The molecule has 0 fully saturated rings. The van der Waals surface area contributed by atoms with Gasteiger partial charge in [-0.05, 0) is 12.1 Å². The molecule has 0 aliphatic heterocycles. The highest BCUT2D eigenvalue weighted by Crippen LogP contribution is 2.24. The smallest absolute Gasteiger partial charge is 0.276 e. The second-order valence-corrected chi connectivity index (χ2v) is 5.36. The van der Waals surface area contributed by atoms with Crippen molar-refractivity contribution in [2.75, 3.05) is 10.7 Å². The predicted octanol–water partition coefficient (Wildman–Crippen LogP) is 2.60. The van der Waals surface area contributed by atoms with Gasteiger partial charge in [0.15, 0.2) is 0 Å². The van der Waals surface area contributed by atoms with Crippen LogP contribution < -0.4 is 16.6 Å². The highest BCUT2D eigenvalue weighted by Gasteiger charge is 2.10. The Balaban J connectivity index is 2.15. The first-order valence-corrected chi connectivity index (χ1v) is 6.39. The van der Waals surface area contributed by atoms with E-state index >= 15 is 0 Å². The molecule has 2 rings (SSSR count). The molecule has 0 saturated heterocycles. The molecule has 0 aromatic carbocycles. The van der Waals surface area contributed by atoms with E-state index in [4.69, 9.17) is 17.4 Å². The lowest BCUT2D eigenvalue weighted by molar-refractivity contribution is -0.384. The average Bonchev–Trinajstić information content (AvgIpc) is 2.81. The zero-order valence-corrected chi connectivity index (χ0v) is 11.2. The van der Waals surface area contributed by atoms with Crippen molar-refractivity contribution in [1.29, 1.82) is 0 Å². The standard InChI is InChI=1S/C10H10ClN5O2S/c11-8-2-1-7(19-8)5-13-9-3-6(16(17)18)4-10(14-9)15-12/h1-4H,5,12H2,(H2,13,14,15). The number of hydrazine groups is 1. The fourth-order valence-electron chi connectivity index (χ4n) is 1.41. The first kappa shape index (κ1) is 13.5. The third-order valence-electron chi connectivity index (χ3n) is 2.24. The van der Waals surface area contributed by atoms with Crippen LogP contribution in [0.1, 0.15) is 4.88 Å². The zero-order valence-electron chi connectivity index (χ0n) is 9.59. The lowest BCUT2D eigenvalue weighted by Crippen LogP contribution is -2.10. The van der Waals surface area contributed by atoms with Gasteiger partial charge in [0.05, 0.1) is 27.9 Å². The maximum absolute atomic E-state index is 10.8. The van der Waals surface area contributed by atoms with Gasteiger partial charge in [0.1, 0.15) is 11.6 Å². The molecule has 0 unspecified atom stereocenters. The molecule has 2 aromatic heterocycles.